The lowest BCUT2D eigenvalue weighted by Crippen LogP contribution is -2.39. The third-order valence-electron chi connectivity index (χ3n) is 1.96. The number of nitriles is 1. The number of alkyl halides is 2. The maximum Gasteiger partial charge on any atom is 0.335 e. The van der Waals surface area contributed by atoms with Crippen molar-refractivity contribution in [1.82, 2.24) is 5.32 Å². The van der Waals surface area contributed by atoms with Crippen LogP contribution in [0.2, 0.25) is 0 Å². The van der Waals surface area contributed by atoms with Gasteiger partial charge in [-0.1, -0.05) is 0 Å². The predicted molar refractivity (Wildman–Crippen MR) is 36.2 cm³/mol. The maximum absolute atomic E-state index is 12.6. The molecule has 1 saturated heterocycles. The van der Waals surface area contributed by atoms with Crippen LogP contribution in [0.3, 0.4) is 0 Å². The third-order valence-corrected chi connectivity index (χ3v) is 1.96. The second kappa shape index (κ2) is 3.14. The normalized spacial score (nSPS) is 26.1. The first-order valence-corrected chi connectivity index (χ1v) is 3.66. The Morgan fingerprint density at radius 1 is 1.55 bits per heavy atom. The third kappa shape index (κ3) is 1.87. The van der Waals surface area contributed by atoms with Gasteiger partial charge < -0.3 is 5.32 Å². The van der Waals surface area contributed by atoms with Gasteiger partial charge in [0.05, 0.1) is 0 Å². The number of nitrogens with one attached hydrogen (secondary N) is 1. The molecule has 1 rings (SSSR count). The van der Waals surface area contributed by atoms with Crippen LogP contribution in [0.4, 0.5) is 8.78 Å². The van der Waals surface area contributed by atoms with Crippen LogP contribution >= 0.6 is 0 Å². The Balaban J connectivity index is 2.52. The highest BCUT2D eigenvalue weighted by molar-refractivity contribution is 4.98. The van der Waals surface area contributed by atoms with Gasteiger partial charge in [-0.05, 0) is 19.4 Å². The van der Waals surface area contributed by atoms with Crippen molar-refractivity contribution in [3.63, 3.8) is 0 Å². The molecule has 4 heteroatoms. The highest BCUT2D eigenvalue weighted by Crippen LogP contribution is 2.28. The van der Waals surface area contributed by atoms with Gasteiger partial charge in [-0.3, -0.25) is 0 Å². The largest absolute Gasteiger partial charge is 0.335 e. The molecule has 1 heterocycles. The maximum atomic E-state index is 12.6. The highest BCUT2D eigenvalue weighted by Gasteiger charge is 2.39. The van der Waals surface area contributed by atoms with Gasteiger partial charge in [-0.15, -0.1) is 0 Å². The van der Waals surface area contributed by atoms with Crippen LogP contribution in [0.25, 0.3) is 0 Å². The van der Waals surface area contributed by atoms with Crippen LogP contribution in [0, 0.1) is 17.2 Å². The number of halogens is 2. The summed E-state index contributed by atoms with van der Waals surface area (Å²) in [6.45, 7) is 1.05. The van der Waals surface area contributed by atoms with Crippen molar-refractivity contribution < 1.29 is 8.78 Å². The first kappa shape index (κ1) is 8.41. The molecule has 1 unspecified atom stereocenters. The fourth-order valence-corrected chi connectivity index (χ4v) is 1.25. The minimum atomic E-state index is -3.15. The SMILES string of the molecule is N#CC(F)(F)C1CCCNC1. The molecule has 0 saturated carbocycles. The second-order valence-corrected chi connectivity index (χ2v) is 2.78. The van der Waals surface area contributed by atoms with E-state index in [0.717, 1.165) is 19.0 Å². The minimum absolute atomic E-state index is 0.264. The Bertz CT molecular complexity index is 168. The van der Waals surface area contributed by atoms with Crippen molar-refractivity contribution in [2.75, 3.05) is 13.1 Å². The smallest absolute Gasteiger partial charge is 0.316 e. The van der Waals surface area contributed by atoms with Crippen molar-refractivity contribution in [3.8, 4) is 6.07 Å². The molecule has 1 aliphatic rings. The summed E-state index contributed by atoms with van der Waals surface area (Å²) >= 11 is 0. The summed E-state index contributed by atoms with van der Waals surface area (Å²) in [6, 6.07) is 1.04. The van der Waals surface area contributed by atoms with Crippen LogP contribution in [-0.4, -0.2) is 19.0 Å². The lowest BCUT2D eigenvalue weighted by atomic mass is 9.94. The van der Waals surface area contributed by atoms with Crippen LogP contribution in [0.5, 0.6) is 0 Å². The topological polar surface area (TPSA) is 35.8 Å². The van der Waals surface area contributed by atoms with Crippen LogP contribution in [-0.2, 0) is 0 Å². The Hall–Kier alpha value is -0.690. The molecule has 2 nitrogen and oxygen atoms in total. The zero-order valence-corrected chi connectivity index (χ0v) is 6.11. The molecule has 0 amide bonds. The van der Waals surface area contributed by atoms with Gasteiger partial charge in [-0.2, -0.15) is 14.0 Å². The summed E-state index contributed by atoms with van der Waals surface area (Å²) < 4.78 is 25.3. The fraction of sp³-hybridized carbons (Fsp3) is 0.857. The van der Waals surface area contributed by atoms with Gasteiger partial charge in [-0.25, -0.2) is 0 Å². The molecule has 1 N–H and O–H groups in total. The monoisotopic (exact) mass is 160 g/mol. The standard InChI is InChI=1S/C7H10F2N2/c8-7(9,5-10)6-2-1-3-11-4-6/h6,11H,1-4H2. The van der Waals surface area contributed by atoms with Crippen LogP contribution in [0.15, 0.2) is 0 Å². The summed E-state index contributed by atoms with van der Waals surface area (Å²) in [7, 11) is 0. The zero-order valence-electron chi connectivity index (χ0n) is 6.11. The van der Waals surface area contributed by atoms with E-state index in [9.17, 15) is 8.78 Å². The minimum Gasteiger partial charge on any atom is -0.316 e. The van der Waals surface area contributed by atoms with Gasteiger partial charge in [0.25, 0.3) is 0 Å². The van der Waals surface area contributed by atoms with Gasteiger partial charge in [0.2, 0.25) is 0 Å². The molecule has 0 aromatic carbocycles. The fourth-order valence-electron chi connectivity index (χ4n) is 1.25. The van der Waals surface area contributed by atoms with E-state index in [4.69, 9.17) is 5.26 Å². The van der Waals surface area contributed by atoms with E-state index in [-0.39, 0.29) is 6.54 Å². The van der Waals surface area contributed by atoms with E-state index in [1.165, 1.54) is 0 Å². The van der Waals surface area contributed by atoms with E-state index in [0.29, 0.717) is 6.42 Å². The molecule has 1 atom stereocenters. The molecular weight excluding hydrogens is 150 g/mol. The molecule has 0 aromatic rings. The molecule has 0 aromatic heterocycles. The average Bonchev–Trinajstić information content (AvgIpc) is 2.06. The summed E-state index contributed by atoms with van der Waals surface area (Å²) in [5.74, 6) is -3.94. The number of hydrogen-bond acceptors (Lipinski definition) is 2. The Labute approximate surface area is 64.2 Å². The lowest BCUT2D eigenvalue weighted by molar-refractivity contribution is -0.0107. The van der Waals surface area contributed by atoms with E-state index < -0.39 is 11.8 Å². The van der Waals surface area contributed by atoms with E-state index in [1.807, 2.05) is 0 Å². The molecule has 0 bridgehead atoms. The second-order valence-electron chi connectivity index (χ2n) is 2.78. The molecule has 0 spiro atoms. The summed E-state index contributed by atoms with van der Waals surface area (Å²) in [5, 5.41) is 11.0. The lowest BCUT2D eigenvalue weighted by Gasteiger charge is -2.25. The molecule has 62 valence electrons. The quantitative estimate of drug-likeness (QED) is 0.624. The Morgan fingerprint density at radius 3 is 2.73 bits per heavy atom. The zero-order chi connectivity index (χ0) is 8.32. The van der Waals surface area contributed by atoms with Gasteiger partial charge in [0.1, 0.15) is 6.07 Å². The first-order chi connectivity index (χ1) is 5.17. The van der Waals surface area contributed by atoms with E-state index in [1.54, 1.807) is 0 Å². The summed E-state index contributed by atoms with van der Waals surface area (Å²) in [6.07, 6.45) is 1.19. The molecule has 1 fully saturated rings. The van der Waals surface area contributed by atoms with Crippen molar-refractivity contribution >= 4 is 0 Å². The molecule has 0 aliphatic carbocycles. The highest BCUT2D eigenvalue weighted by atomic mass is 19.3. The predicted octanol–water partition coefficient (Wildman–Crippen LogP) is 1.14. The number of hydrogen-bond donors (Lipinski definition) is 1. The average molecular weight is 160 g/mol. The van der Waals surface area contributed by atoms with Crippen molar-refractivity contribution in [2.24, 2.45) is 5.92 Å². The molecular formula is C7H10F2N2. The molecule has 11 heavy (non-hydrogen) atoms. The van der Waals surface area contributed by atoms with Crippen molar-refractivity contribution in [1.29, 1.82) is 5.26 Å². The summed E-state index contributed by atoms with van der Waals surface area (Å²) in [4.78, 5) is 0. The van der Waals surface area contributed by atoms with E-state index >= 15 is 0 Å². The number of rotatable bonds is 1. The first-order valence-electron chi connectivity index (χ1n) is 3.66. The van der Waals surface area contributed by atoms with E-state index in [2.05, 4.69) is 5.32 Å². The van der Waals surface area contributed by atoms with Gasteiger partial charge in [0.15, 0.2) is 0 Å². The summed E-state index contributed by atoms with van der Waals surface area (Å²) in [5.41, 5.74) is 0. The Kier molecular flexibility index (Phi) is 2.40. The van der Waals surface area contributed by atoms with Gasteiger partial charge in [0, 0.05) is 12.5 Å². The number of piperidine rings is 1. The van der Waals surface area contributed by atoms with Crippen LogP contribution < -0.4 is 5.32 Å². The molecule has 1 aliphatic heterocycles. The van der Waals surface area contributed by atoms with Crippen molar-refractivity contribution in [3.05, 3.63) is 0 Å². The number of nitrogens with zero attached hydrogens (tertiary/aromatic N) is 1. The Morgan fingerprint density at radius 2 is 2.27 bits per heavy atom. The van der Waals surface area contributed by atoms with Gasteiger partial charge >= 0.3 is 5.92 Å². The van der Waals surface area contributed by atoms with Crippen LogP contribution in [0.1, 0.15) is 12.8 Å². The van der Waals surface area contributed by atoms with Crippen molar-refractivity contribution in [2.45, 2.75) is 18.8 Å². The molecule has 0 radical (unpaired) electrons.